The molecule has 1 aromatic heterocycles. The number of carbonyl (C=O) groups is 2. The van der Waals surface area contributed by atoms with Gasteiger partial charge in [-0.15, -0.1) is 11.3 Å². The van der Waals surface area contributed by atoms with Gasteiger partial charge in [0, 0.05) is 17.8 Å². The van der Waals surface area contributed by atoms with Crippen molar-refractivity contribution in [1.82, 2.24) is 9.88 Å². The summed E-state index contributed by atoms with van der Waals surface area (Å²) in [6.07, 6.45) is 8.85. The topological polar surface area (TPSA) is 59.5 Å². The minimum Gasteiger partial charge on any atom is -0.461 e. The summed E-state index contributed by atoms with van der Waals surface area (Å²) >= 11 is 1.43. The largest absolute Gasteiger partial charge is 0.461 e. The fourth-order valence-corrected chi connectivity index (χ4v) is 4.05. The Hall–Kier alpha value is -1.43. The van der Waals surface area contributed by atoms with Gasteiger partial charge in [-0.05, 0) is 26.2 Å². The summed E-state index contributed by atoms with van der Waals surface area (Å²) in [7, 11) is 0. The number of aromatic nitrogens is 1. The van der Waals surface area contributed by atoms with E-state index in [2.05, 4.69) is 11.9 Å². The van der Waals surface area contributed by atoms with Crippen molar-refractivity contribution in [3.8, 4) is 0 Å². The zero-order valence-electron chi connectivity index (χ0n) is 15.5. The first-order valence-electron chi connectivity index (χ1n) is 9.56. The molecule has 0 unspecified atom stereocenters. The highest BCUT2D eigenvalue weighted by Crippen LogP contribution is 2.26. The van der Waals surface area contributed by atoms with Crippen molar-refractivity contribution in [3.63, 3.8) is 0 Å². The molecule has 1 fully saturated rings. The van der Waals surface area contributed by atoms with Gasteiger partial charge in [0.2, 0.25) is 5.91 Å². The molecule has 5 nitrogen and oxygen atoms in total. The van der Waals surface area contributed by atoms with E-state index in [1.807, 2.05) is 4.90 Å². The van der Waals surface area contributed by atoms with E-state index in [0.717, 1.165) is 56.5 Å². The summed E-state index contributed by atoms with van der Waals surface area (Å²) in [5.74, 6) is 0.0460. The summed E-state index contributed by atoms with van der Waals surface area (Å²) in [5.41, 5.74) is 0.348. The number of amides is 1. The zero-order chi connectivity index (χ0) is 18.1. The number of thiazole rings is 1. The van der Waals surface area contributed by atoms with Gasteiger partial charge >= 0.3 is 5.97 Å². The second kappa shape index (κ2) is 10.5. The Morgan fingerprint density at radius 3 is 2.68 bits per heavy atom. The van der Waals surface area contributed by atoms with Crippen molar-refractivity contribution in [2.45, 2.75) is 71.8 Å². The van der Waals surface area contributed by atoms with Gasteiger partial charge in [0.05, 0.1) is 13.2 Å². The van der Waals surface area contributed by atoms with Gasteiger partial charge in [-0.3, -0.25) is 4.79 Å². The molecule has 1 heterocycles. The summed E-state index contributed by atoms with van der Waals surface area (Å²) in [5, 5.41) is 2.53. The lowest BCUT2D eigenvalue weighted by atomic mass is 9.88. The Balaban J connectivity index is 2.01. The molecule has 0 bridgehead atoms. The van der Waals surface area contributed by atoms with Crippen molar-refractivity contribution in [2.24, 2.45) is 5.92 Å². The summed E-state index contributed by atoms with van der Waals surface area (Å²) in [6.45, 7) is 5.57. The normalized spacial score (nSPS) is 15.1. The molecule has 140 valence electrons. The average Bonchev–Trinajstić information content (AvgIpc) is 3.10. The minimum atomic E-state index is -0.388. The van der Waals surface area contributed by atoms with Gasteiger partial charge in [0.15, 0.2) is 5.69 Å². The van der Waals surface area contributed by atoms with E-state index < -0.39 is 0 Å². The van der Waals surface area contributed by atoms with E-state index >= 15 is 0 Å². The van der Waals surface area contributed by atoms with Crippen molar-refractivity contribution in [3.05, 3.63) is 16.1 Å². The van der Waals surface area contributed by atoms with E-state index in [4.69, 9.17) is 4.74 Å². The number of unbranched alkanes of at least 4 members (excludes halogenated alkanes) is 2. The predicted octanol–water partition coefficient (Wildman–Crippen LogP) is 4.42. The third-order valence-corrected chi connectivity index (χ3v) is 5.49. The fraction of sp³-hybridized carbons (Fsp3) is 0.737. The fourth-order valence-electron chi connectivity index (χ4n) is 3.27. The van der Waals surface area contributed by atoms with E-state index in [9.17, 15) is 9.59 Å². The molecule has 1 amide bonds. The number of ether oxygens (including phenoxy) is 1. The molecule has 0 aromatic carbocycles. The van der Waals surface area contributed by atoms with Crippen LogP contribution in [0.2, 0.25) is 0 Å². The van der Waals surface area contributed by atoms with Crippen molar-refractivity contribution >= 4 is 23.2 Å². The van der Waals surface area contributed by atoms with Crippen molar-refractivity contribution in [1.29, 1.82) is 0 Å². The molecule has 2 rings (SSSR count). The monoisotopic (exact) mass is 366 g/mol. The number of carbonyl (C=O) groups excluding carboxylic acids is 2. The first-order valence-corrected chi connectivity index (χ1v) is 10.4. The Labute approximate surface area is 154 Å². The lowest BCUT2D eigenvalue weighted by Crippen LogP contribution is -2.37. The highest BCUT2D eigenvalue weighted by molar-refractivity contribution is 7.09. The lowest BCUT2D eigenvalue weighted by Gasteiger charge is -2.29. The number of hydrogen-bond acceptors (Lipinski definition) is 5. The van der Waals surface area contributed by atoms with Crippen LogP contribution >= 0.6 is 11.3 Å². The third kappa shape index (κ3) is 6.10. The molecule has 1 saturated carbocycles. The van der Waals surface area contributed by atoms with E-state index in [1.165, 1.54) is 17.8 Å². The first-order chi connectivity index (χ1) is 12.2. The van der Waals surface area contributed by atoms with E-state index in [1.54, 1.807) is 12.3 Å². The number of esters is 1. The molecule has 1 aliphatic carbocycles. The van der Waals surface area contributed by atoms with Crippen LogP contribution in [0.5, 0.6) is 0 Å². The average molecular weight is 367 g/mol. The molecule has 0 atom stereocenters. The second-order valence-corrected chi connectivity index (χ2v) is 7.59. The Kier molecular flexibility index (Phi) is 8.38. The van der Waals surface area contributed by atoms with Crippen LogP contribution in [0.3, 0.4) is 0 Å². The van der Waals surface area contributed by atoms with Gasteiger partial charge in [-0.25, -0.2) is 9.78 Å². The van der Waals surface area contributed by atoms with Crippen LogP contribution in [0.1, 0.15) is 80.7 Å². The van der Waals surface area contributed by atoms with Gasteiger partial charge < -0.3 is 9.64 Å². The summed E-state index contributed by atoms with van der Waals surface area (Å²) in [4.78, 5) is 31.1. The number of nitrogens with zero attached hydrogens (tertiary/aromatic N) is 2. The van der Waals surface area contributed by atoms with Crippen LogP contribution in [-0.2, 0) is 16.1 Å². The van der Waals surface area contributed by atoms with Crippen LogP contribution in [0, 0.1) is 5.92 Å². The molecule has 0 N–H and O–H groups in total. The third-order valence-electron chi connectivity index (χ3n) is 4.66. The van der Waals surface area contributed by atoms with Crippen LogP contribution in [0.15, 0.2) is 5.38 Å². The van der Waals surface area contributed by atoms with Crippen LogP contribution in [-0.4, -0.2) is 34.9 Å². The predicted molar refractivity (Wildman–Crippen MR) is 99.6 cm³/mol. The summed E-state index contributed by atoms with van der Waals surface area (Å²) in [6, 6.07) is 0. The van der Waals surface area contributed by atoms with Gasteiger partial charge in [-0.1, -0.05) is 39.0 Å². The van der Waals surface area contributed by atoms with Gasteiger partial charge in [-0.2, -0.15) is 0 Å². The molecule has 0 aliphatic heterocycles. The van der Waals surface area contributed by atoms with E-state index in [0.29, 0.717) is 18.8 Å². The first kappa shape index (κ1) is 19.9. The molecule has 0 saturated heterocycles. The maximum Gasteiger partial charge on any atom is 0.357 e. The molecule has 0 spiro atoms. The minimum absolute atomic E-state index is 0.167. The lowest BCUT2D eigenvalue weighted by molar-refractivity contribution is -0.137. The quantitative estimate of drug-likeness (QED) is 0.479. The molecule has 0 radical (unpaired) electrons. The van der Waals surface area contributed by atoms with Crippen molar-refractivity contribution < 1.29 is 14.3 Å². The maximum atomic E-state index is 13.0. The molecule has 25 heavy (non-hydrogen) atoms. The molecule has 1 aromatic rings. The molecular weight excluding hydrogens is 336 g/mol. The van der Waals surface area contributed by atoms with Gasteiger partial charge in [0.25, 0.3) is 0 Å². The van der Waals surface area contributed by atoms with Gasteiger partial charge in [0.1, 0.15) is 5.01 Å². The highest BCUT2D eigenvalue weighted by atomic mass is 32.1. The SMILES string of the molecule is CCCCCN(Cc1nc(C(=O)OCC)cs1)C(=O)C1CCCCC1. The van der Waals surface area contributed by atoms with Crippen molar-refractivity contribution in [2.75, 3.05) is 13.2 Å². The number of rotatable bonds is 9. The Morgan fingerprint density at radius 2 is 2.00 bits per heavy atom. The van der Waals surface area contributed by atoms with E-state index in [-0.39, 0.29) is 17.8 Å². The zero-order valence-corrected chi connectivity index (χ0v) is 16.3. The second-order valence-electron chi connectivity index (χ2n) is 6.65. The van der Waals surface area contributed by atoms with Crippen LogP contribution in [0.4, 0.5) is 0 Å². The highest BCUT2D eigenvalue weighted by Gasteiger charge is 2.26. The smallest absolute Gasteiger partial charge is 0.357 e. The Morgan fingerprint density at radius 1 is 1.24 bits per heavy atom. The maximum absolute atomic E-state index is 13.0. The standard InChI is InChI=1S/C19H30N2O3S/c1-3-5-9-12-21(18(22)15-10-7-6-8-11-15)13-17-20-16(14-25-17)19(23)24-4-2/h14-15H,3-13H2,1-2H3. The van der Waals surface area contributed by atoms with Crippen LogP contribution < -0.4 is 0 Å². The molecular formula is C19H30N2O3S. The molecule has 6 heteroatoms. The molecule has 1 aliphatic rings. The Bertz CT molecular complexity index is 553. The number of hydrogen-bond donors (Lipinski definition) is 0. The van der Waals surface area contributed by atoms with Crippen LogP contribution in [0.25, 0.3) is 0 Å². The summed E-state index contributed by atoms with van der Waals surface area (Å²) < 4.78 is 4.99.